The molecule has 0 bridgehead atoms. The Kier molecular flexibility index (Phi) is 8.64. The van der Waals surface area contributed by atoms with E-state index in [9.17, 15) is 19.8 Å². The summed E-state index contributed by atoms with van der Waals surface area (Å²) in [6, 6.07) is 0. The van der Waals surface area contributed by atoms with Crippen LogP contribution in [0.5, 0.6) is 0 Å². The fraction of sp³-hybridized carbons (Fsp3) is 0.882. The Morgan fingerprint density at radius 3 is 2.14 bits per heavy atom. The Labute approximate surface area is 136 Å². The monoisotopic (exact) mass is 316 g/mol. The molecule has 1 atom stereocenters. The summed E-state index contributed by atoms with van der Waals surface area (Å²) in [4.78, 5) is 23.1. The number of aliphatic carboxylic acids is 1. The average Bonchev–Trinajstić information content (AvgIpc) is 2.38. The molecule has 0 aromatic carbocycles. The SMILES string of the molecule is [2H]CCCCCCCCCC(=O)[C@@](O)(CC(=O)[O-])C[N+](C)(C)C. The van der Waals surface area contributed by atoms with Crippen LogP contribution in [-0.2, 0) is 9.59 Å². The maximum atomic E-state index is 12.3. The van der Waals surface area contributed by atoms with Crippen molar-refractivity contribution in [1.29, 1.82) is 0 Å². The van der Waals surface area contributed by atoms with Crippen LogP contribution in [-0.4, -0.2) is 54.6 Å². The lowest BCUT2D eigenvalue weighted by Crippen LogP contribution is -2.56. The van der Waals surface area contributed by atoms with Crippen molar-refractivity contribution < 1.29 is 25.7 Å². The van der Waals surface area contributed by atoms with Gasteiger partial charge in [0.05, 0.1) is 21.1 Å². The summed E-state index contributed by atoms with van der Waals surface area (Å²) in [5.74, 6) is -1.80. The Bertz CT molecular complexity index is 368. The summed E-state index contributed by atoms with van der Waals surface area (Å²) in [6.45, 7) is 0.546. The van der Waals surface area contributed by atoms with Gasteiger partial charge in [-0.1, -0.05) is 45.4 Å². The quantitative estimate of drug-likeness (QED) is 0.410. The number of hydrogen-bond acceptors (Lipinski definition) is 4. The maximum Gasteiger partial charge on any atom is 0.177 e. The van der Waals surface area contributed by atoms with Crippen molar-refractivity contribution in [3.63, 3.8) is 0 Å². The van der Waals surface area contributed by atoms with Gasteiger partial charge >= 0.3 is 0 Å². The molecule has 0 aliphatic carbocycles. The summed E-state index contributed by atoms with van der Waals surface area (Å²) < 4.78 is 7.37. The molecule has 0 rings (SSSR count). The molecule has 0 aliphatic heterocycles. The fourth-order valence-electron chi connectivity index (χ4n) is 2.67. The molecule has 0 radical (unpaired) electrons. The zero-order valence-electron chi connectivity index (χ0n) is 15.4. The van der Waals surface area contributed by atoms with Crippen LogP contribution in [0.4, 0.5) is 0 Å². The van der Waals surface area contributed by atoms with E-state index in [0.29, 0.717) is 17.8 Å². The smallest absolute Gasteiger partial charge is 0.177 e. The number of rotatable bonds is 13. The minimum atomic E-state index is -1.84. The van der Waals surface area contributed by atoms with Gasteiger partial charge in [0.2, 0.25) is 0 Å². The Balaban J connectivity index is 4.22. The van der Waals surface area contributed by atoms with E-state index in [1.54, 1.807) is 0 Å². The third kappa shape index (κ3) is 9.90. The van der Waals surface area contributed by atoms with Gasteiger partial charge in [0, 0.05) is 20.2 Å². The lowest BCUT2D eigenvalue weighted by Gasteiger charge is -2.34. The number of quaternary nitrogens is 1. The average molecular weight is 316 g/mol. The standard InChI is InChI=1S/C17H33NO4/c1-5-6-7-8-9-10-11-12-15(19)17(22,13-16(20)21)14-18(2,3)4/h22H,5-14H2,1-4H3/t17-/m1/s1/i1D. The van der Waals surface area contributed by atoms with E-state index in [0.717, 1.165) is 38.5 Å². The van der Waals surface area contributed by atoms with E-state index >= 15 is 0 Å². The number of hydrogen-bond donors (Lipinski definition) is 1. The third-order valence-corrected chi connectivity index (χ3v) is 3.60. The van der Waals surface area contributed by atoms with Gasteiger partial charge in [-0.2, -0.15) is 0 Å². The van der Waals surface area contributed by atoms with E-state index in [-0.39, 0.29) is 13.0 Å². The molecule has 0 saturated carbocycles. The van der Waals surface area contributed by atoms with Crippen molar-refractivity contribution in [2.24, 2.45) is 0 Å². The minimum Gasteiger partial charge on any atom is -0.550 e. The number of likely N-dealkylation sites (N-methyl/N-ethyl adjacent to an activating group) is 1. The molecule has 5 heteroatoms. The van der Waals surface area contributed by atoms with Crippen LogP contribution in [0.3, 0.4) is 0 Å². The van der Waals surface area contributed by atoms with Gasteiger partial charge in [-0.25, -0.2) is 0 Å². The second-order valence-corrected chi connectivity index (χ2v) is 7.18. The summed E-state index contributed by atoms with van der Waals surface area (Å²) >= 11 is 0. The lowest BCUT2D eigenvalue weighted by molar-refractivity contribution is -0.875. The van der Waals surface area contributed by atoms with Crippen molar-refractivity contribution >= 4 is 11.8 Å². The number of nitrogens with zero attached hydrogens (tertiary/aromatic N) is 1. The first-order chi connectivity index (χ1) is 10.6. The summed E-state index contributed by atoms with van der Waals surface area (Å²) in [7, 11) is 5.43. The van der Waals surface area contributed by atoms with Crippen LogP contribution in [0.15, 0.2) is 0 Å². The van der Waals surface area contributed by atoms with Gasteiger partial charge < -0.3 is 19.5 Å². The molecule has 5 nitrogen and oxygen atoms in total. The third-order valence-electron chi connectivity index (χ3n) is 3.60. The van der Waals surface area contributed by atoms with Crippen LogP contribution in [0.1, 0.15) is 66.1 Å². The van der Waals surface area contributed by atoms with Crippen LogP contribution < -0.4 is 5.11 Å². The molecule has 0 spiro atoms. The largest absolute Gasteiger partial charge is 0.550 e. The number of unbranched alkanes of at least 4 members (excludes halogenated alkanes) is 6. The van der Waals surface area contributed by atoms with Crippen molar-refractivity contribution in [1.82, 2.24) is 0 Å². The highest BCUT2D eigenvalue weighted by atomic mass is 16.4. The first-order valence-corrected chi connectivity index (χ1v) is 8.16. The molecule has 22 heavy (non-hydrogen) atoms. The van der Waals surface area contributed by atoms with Crippen molar-refractivity contribution in [3.05, 3.63) is 0 Å². The van der Waals surface area contributed by atoms with Gasteiger partial charge in [0.1, 0.15) is 6.54 Å². The van der Waals surface area contributed by atoms with Gasteiger partial charge in [-0.05, 0) is 6.42 Å². The van der Waals surface area contributed by atoms with Crippen molar-refractivity contribution in [2.45, 2.75) is 70.3 Å². The molecule has 130 valence electrons. The molecule has 0 aromatic rings. The molecular weight excluding hydrogens is 282 g/mol. The van der Waals surface area contributed by atoms with Crippen LogP contribution >= 0.6 is 0 Å². The predicted molar refractivity (Wildman–Crippen MR) is 85.1 cm³/mol. The molecular formula is C17H33NO4. The minimum absolute atomic E-state index is 0.0624. The van der Waals surface area contributed by atoms with Crippen LogP contribution in [0, 0.1) is 0 Å². The number of aliphatic hydroxyl groups is 1. The molecule has 0 aliphatic rings. The van der Waals surface area contributed by atoms with E-state index in [2.05, 4.69) is 0 Å². The van der Waals surface area contributed by atoms with Gasteiger partial charge in [0.15, 0.2) is 11.4 Å². The van der Waals surface area contributed by atoms with Crippen molar-refractivity contribution in [2.75, 3.05) is 27.7 Å². The van der Waals surface area contributed by atoms with Gasteiger partial charge in [-0.15, -0.1) is 0 Å². The molecule has 0 saturated heterocycles. The normalized spacial score (nSPS) is 15.2. The summed E-state index contributed by atoms with van der Waals surface area (Å²) in [5, 5.41) is 21.3. The number of carboxylic acids is 1. The van der Waals surface area contributed by atoms with E-state index in [1.807, 2.05) is 21.1 Å². The van der Waals surface area contributed by atoms with Gasteiger partial charge in [0.25, 0.3) is 0 Å². The van der Waals surface area contributed by atoms with Crippen LogP contribution in [0.2, 0.25) is 0 Å². The molecule has 0 fully saturated rings. The lowest BCUT2D eigenvalue weighted by atomic mass is 9.89. The molecule has 0 unspecified atom stereocenters. The molecule has 0 aromatic heterocycles. The first-order valence-electron chi connectivity index (χ1n) is 8.87. The Hall–Kier alpha value is -0.940. The number of ketones is 1. The Morgan fingerprint density at radius 2 is 1.64 bits per heavy atom. The van der Waals surface area contributed by atoms with Gasteiger partial charge in [-0.3, -0.25) is 4.79 Å². The predicted octanol–water partition coefficient (Wildman–Crippen LogP) is 1.27. The molecule has 0 amide bonds. The zero-order valence-corrected chi connectivity index (χ0v) is 14.4. The second-order valence-electron chi connectivity index (χ2n) is 7.18. The van der Waals surface area contributed by atoms with E-state index in [1.165, 1.54) is 0 Å². The number of carbonyl (C=O) groups is 2. The topological polar surface area (TPSA) is 77.4 Å². The summed E-state index contributed by atoms with van der Waals surface area (Å²) in [6.07, 6.45) is 6.39. The van der Waals surface area contributed by atoms with E-state index < -0.39 is 23.8 Å². The molecule has 1 N–H and O–H groups in total. The second kappa shape index (κ2) is 9.95. The zero-order chi connectivity index (χ0) is 17.9. The first kappa shape index (κ1) is 19.1. The number of carboxylic acid groups (broad SMARTS) is 1. The highest BCUT2D eigenvalue weighted by Gasteiger charge is 2.40. The number of Topliss-reactive ketones (excluding diaryl/α,β-unsaturated/α-hetero) is 1. The highest BCUT2D eigenvalue weighted by Crippen LogP contribution is 2.19. The molecule has 0 heterocycles. The van der Waals surface area contributed by atoms with Crippen molar-refractivity contribution in [3.8, 4) is 0 Å². The van der Waals surface area contributed by atoms with E-state index in [4.69, 9.17) is 1.37 Å². The summed E-state index contributed by atoms with van der Waals surface area (Å²) in [5.41, 5.74) is -1.84. The fourth-order valence-corrected chi connectivity index (χ4v) is 2.67. The Morgan fingerprint density at radius 1 is 1.09 bits per heavy atom. The number of carbonyl (C=O) groups excluding carboxylic acids is 2. The maximum absolute atomic E-state index is 12.3. The van der Waals surface area contributed by atoms with Crippen LogP contribution in [0.25, 0.3) is 0 Å². The highest BCUT2D eigenvalue weighted by molar-refractivity contribution is 5.90.